The van der Waals surface area contributed by atoms with E-state index in [1.165, 1.54) is 0 Å². The van der Waals surface area contributed by atoms with Crippen LogP contribution in [-0.4, -0.2) is 18.1 Å². The lowest BCUT2D eigenvalue weighted by atomic mass is 10.3. The number of carbonyl (C=O) groups excluding carboxylic acids is 1. The normalized spacial score (nSPS) is 38.5. The van der Waals surface area contributed by atoms with Crippen molar-refractivity contribution in [3.05, 3.63) is 0 Å². The molecule has 0 aliphatic heterocycles. The Morgan fingerprint density at radius 1 is 1.50 bits per heavy atom. The third-order valence-electron chi connectivity index (χ3n) is 1.23. The molecule has 2 atom stereocenters. The minimum absolute atomic E-state index is 0.221. The van der Waals surface area contributed by atoms with Crippen molar-refractivity contribution in [2.24, 2.45) is 0 Å². The van der Waals surface area contributed by atoms with Gasteiger partial charge >= 0.3 is 0 Å². The zero-order valence-corrected chi connectivity index (χ0v) is 4.23. The fraction of sp³-hybridized carbons (Fsp3) is 0.800. The van der Waals surface area contributed by atoms with Crippen LogP contribution in [0.1, 0.15) is 12.8 Å². The maximum Gasteiger partial charge on any atom is 0.169 e. The van der Waals surface area contributed by atoms with Gasteiger partial charge in [-0.1, -0.05) is 0 Å². The van der Waals surface area contributed by atoms with E-state index in [1.54, 1.807) is 0 Å². The largest absolute Gasteiger partial charge is 0.296 e. The smallest absolute Gasteiger partial charge is 0.169 e. The number of hydrogen-bond donors (Lipinski definition) is 0. The van der Waals surface area contributed by atoms with Crippen molar-refractivity contribution in [2.45, 2.75) is 25.2 Å². The molecule has 8 heavy (non-hydrogen) atoms. The summed E-state index contributed by atoms with van der Waals surface area (Å²) >= 11 is 0. The van der Waals surface area contributed by atoms with E-state index in [4.69, 9.17) is 0 Å². The van der Waals surface area contributed by atoms with Crippen molar-refractivity contribution in [1.82, 2.24) is 0 Å². The van der Waals surface area contributed by atoms with Crippen molar-refractivity contribution in [3.8, 4) is 0 Å². The molecule has 3 heteroatoms. The van der Waals surface area contributed by atoms with Crippen LogP contribution in [0.15, 0.2) is 0 Å². The summed E-state index contributed by atoms with van der Waals surface area (Å²) in [5, 5.41) is 0. The molecule has 0 aromatic carbocycles. The first-order valence-electron chi connectivity index (χ1n) is 2.51. The molecule has 0 aromatic rings. The van der Waals surface area contributed by atoms with Crippen LogP contribution in [-0.2, 0) is 4.79 Å². The predicted molar refractivity (Wildman–Crippen MR) is 24.0 cm³/mol. The van der Waals surface area contributed by atoms with Crippen LogP contribution in [0.2, 0.25) is 0 Å². The van der Waals surface area contributed by atoms with E-state index in [-0.39, 0.29) is 12.8 Å². The Balaban J connectivity index is 2.51. The summed E-state index contributed by atoms with van der Waals surface area (Å²) in [7, 11) is 0. The van der Waals surface area contributed by atoms with Gasteiger partial charge in [0.05, 0.1) is 0 Å². The summed E-state index contributed by atoms with van der Waals surface area (Å²) in [4.78, 5) is 10.2. The number of carbonyl (C=O) groups is 1. The molecular formula is C5H6F2O. The van der Waals surface area contributed by atoms with Gasteiger partial charge in [-0.3, -0.25) is 4.79 Å². The van der Waals surface area contributed by atoms with Gasteiger partial charge in [0, 0.05) is 12.8 Å². The summed E-state index contributed by atoms with van der Waals surface area (Å²) in [6.07, 6.45) is -3.19. The molecule has 46 valence electrons. The fourth-order valence-corrected chi connectivity index (χ4v) is 0.785. The van der Waals surface area contributed by atoms with Gasteiger partial charge in [-0.05, 0) is 0 Å². The second-order valence-electron chi connectivity index (χ2n) is 1.97. The maximum atomic E-state index is 12.0. The first-order chi connectivity index (χ1) is 3.70. The molecule has 1 aliphatic carbocycles. The molecule has 0 amide bonds. The van der Waals surface area contributed by atoms with Crippen molar-refractivity contribution in [2.75, 3.05) is 0 Å². The van der Waals surface area contributed by atoms with Gasteiger partial charge in [-0.15, -0.1) is 0 Å². The van der Waals surface area contributed by atoms with Gasteiger partial charge in [0.25, 0.3) is 0 Å². The first kappa shape index (κ1) is 5.66. The summed E-state index contributed by atoms with van der Waals surface area (Å²) in [6.45, 7) is 0. The minimum Gasteiger partial charge on any atom is -0.296 e. The summed E-state index contributed by atoms with van der Waals surface area (Å²) in [6, 6.07) is 0. The topological polar surface area (TPSA) is 17.1 Å². The van der Waals surface area contributed by atoms with E-state index in [0.29, 0.717) is 0 Å². The highest BCUT2D eigenvalue weighted by Crippen LogP contribution is 2.20. The number of alkyl halides is 2. The number of halogens is 2. The van der Waals surface area contributed by atoms with Gasteiger partial charge in [-0.25, -0.2) is 8.78 Å². The van der Waals surface area contributed by atoms with E-state index in [0.717, 1.165) is 0 Å². The zero-order valence-electron chi connectivity index (χ0n) is 4.23. The third kappa shape index (κ3) is 0.854. The van der Waals surface area contributed by atoms with Crippen LogP contribution in [0.4, 0.5) is 8.78 Å². The Bertz CT molecular complexity index is 113. The van der Waals surface area contributed by atoms with E-state index in [1.807, 2.05) is 0 Å². The number of ketones is 1. The van der Waals surface area contributed by atoms with Gasteiger partial charge in [0.1, 0.15) is 6.17 Å². The quantitative estimate of drug-likeness (QED) is 0.466. The van der Waals surface area contributed by atoms with Crippen molar-refractivity contribution < 1.29 is 13.6 Å². The molecule has 1 aliphatic rings. The van der Waals surface area contributed by atoms with Crippen molar-refractivity contribution >= 4 is 5.78 Å². The van der Waals surface area contributed by atoms with E-state index in [9.17, 15) is 13.6 Å². The van der Waals surface area contributed by atoms with E-state index < -0.39 is 18.1 Å². The molecule has 0 saturated heterocycles. The Kier molecular flexibility index (Phi) is 1.27. The average molecular weight is 120 g/mol. The molecule has 0 heterocycles. The lowest BCUT2D eigenvalue weighted by molar-refractivity contribution is -0.121. The third-order valence-corrected chi connectivity index (χ3v) is 1.23. The molecule has 0 spiro atoms. The van der Waals surface area contributed by atoms with E-state index in [2.05, 4.69) is 0 Å². The van der Waals surface area contributed by atoms with E-state index >= 15 is 0 Å². The van der Waals surface area contributed by atoms with Crippen LogP contribution < -0.4 is 0 Å². The van der Waals surface area contributed by atoms with Crippen LogP contribution in [0.5, 0.6) is 0 Å². The second-order valence-corrected chi connectivity index (χ2v) is 1.97. The molecule has 2 unspecified atom stereocenters. The van der Waals surface area contributed by atoms with Gasteiger partial charge < -0.3 is 0 Å². The van der Waals surface area contributed by atoms with Gasteiger partial charge in [-0.2, -0.15) is 0 Å². The Hall–Kier alpha value is -0.470. The van der Waals surface area contributed by atoms with Crippen LogP contribution in [0.25, 0.3) is 0 Å². The Morgan fingerprint density at radius 3 is 2.25 bits per heavy atom. The second kappa shape index (κ2) is 1.80. The lowest BCUT2D eigenvalue weighted by Crippen LogP contribution is -2.04. The molecule has 1 saturated carbocycles. The average Bonchev–Trinajstić information content (AvgIpc) is 1.85. The molecular weight excluding hydrogens is 114 g/mol. The SMILES string of the molecule is O=C1CC(F)CC1F. The molecule has 0 bridgehead atoms. The summed E-state index contributed by atoms with van der Waals surface area (Å²) in [5.41, 5.74) is 0. The standard InChI is InChI=1S/C5H6F2O/c6-3-1-4(7)5(8)2-3/h3-4H,1-2H2. The van der Waals surface area contributed by atoms with Gasteiger partial charge in [0.15, 0.2) is 12.0 Å². The highest BCUT2D eigenvalue weighted by molar-refractivity contribution is 5.85. The van der Waals surface area contributed by atoms with Crippen LogP contribution in [0, 0.1) is 0 Å². The summed E-state index contributed by atoms with van der Waals surface area (Å²) in [5.74, 6) is -0.586. The first-order valence-corrected chi connectivity index (χ1v) is 2.51. The number of hydrogen-bond acceptors (Lipinski definition) is 1. The monoisotopic (exact) mass is 120 g/mol. The number of rotatable bonds is 0. The highest BCUT2D eigenvalue weighted by atomic mass is 19.1. The molecule has 0 aromatic heterocycles. The number of Topliss-reactive ketones (excluding diaryl/α,β-unsaturated/α-hetero) is 1. The maximum absolute atomic E-state index is 12.0. The zero-order chi connectivity index (χ0) is 6.15. The fourth-order valence-electron chi connectivity index (χ4n) is 0.785. The lowest BCUT2D eigenvalue weighted by Gasteiger charge is -1.88. The van der Waals surface area contributed by atoms with Crippen LogP contribution >= 0.6 is 0 Å². The molecule has 1 rings (SSSR count). The highest BCUT2D eigenvalue weighted by Gasteiger charge is 2.31. The minimum atomic E-state index is -1.52. The summed E-state index contributed by atoms with van der Waals surface area (Å²) < 4.78 is 23.9. The molecule has 0 radical (unpaired) electrons. The molecule has 1 fully saturated rings. The van der Waals surface area contributed by atoms with Crippen molar-refractivity contribution in [3.63, 3.8) is 0 Å². The molecule has 0 N–H and O–H groups in total. The predicted octanol–water partition coefficient (Wildman–Crippen LogP) is 1.03. The Morgan fingerprint density at radius 2 is 2.12 bits per heavy atom. The van der Waals surface area contributed by atoms with Gasteiger partial charge in [0.2, 0.25) is 0 Å². The van der Waals surface area contributed by atoms with Crippen LogP contribution in [0.3, 0.4) is 0 Å². The van der Waals surface area contributed by atoms with Crippen molar-refractivity contribution in [1.29, 1.82) is 0 Å². The Labute approximate surface area is 45.7 Å². The molecule has 1 nitrogen and oxygen atoms in total.